The van der Waals surface area contributed by atoms with Crippen molar-refractivity contribution in [2.45, 2.75) is 18.2 Å². The number of benzene rings is 2. The number of hydrogen-bond donors (Lipinski definition) is 1. The lowest BCUT2D eigenvalue weighted by Crippen LogP contribution is -2.13. The molecule has 0 saturated carbocycles. The number of aromatic nitrogens is 2. The van der Waals surface area contributed by atoms with Crippen LogP contribution in [-0.4, -0.2) is 22.1 Å². The summed E-state index contributed by atoms with van der Waals surface area (Å²) < 4.78 is 3.25. The van der Waals surface area contributed by atoms with E-state index in [0.29, 0.717) is 10.7 Å². The lowest BCUT2D eigenvalue weighted by Gasteiger charge is -2.06. The summed E-state index contributed by atoms with van der Waals surface area (Å²) in [5.41, 5.74) is 4.59. The first-order valence-electron chi connectivity index (χ1n) is 7.68. The van der Waals surface area contributed by atoms with Crippen molar-refractivity contribution in [2.24, 2.45) is 0 Å². The Balaban J connectivity index is 1.72. The summed E-state index contributed by atoms with van der Waals surface area (Å²) in [4.78, 5) is 21.8. The van der Waals surface area contributed by atoms with Gasteiger partial charge in [-0.05, 0) is 43.9 Å². The van der Waals surface area contributed by atoms with Crippen molar-refractivity contribution in [1.29, 1.82) is 0 Å². The first-order valence-corrected chi connectivity index (χ1v) is 10.5. The first kappa shape index (κ1) is 16.5. The van der Waals surface area contributed by atoms with Crippen LogP contribution in [0.4, 0.5) is 5.13 Å². The summed E-state index contributed by atoms with van der Waals surface area (Å²) in [7, 11) is 0. The number of thiazole rings is 2. The monoisotopic (exact) mass is 385 g/mol. The molecule has 2 heterocycles. The van der Waals surface area contributed by atoms with E-state index in [0.717, 1.165) is 35.9 Å². The maximum absolute atomic E-state index is 12.6. The Kier molecular flexibility index (Phi) is 4.23. The van der Waals surface area contributed by atoms with E-state index in [1.807, 2.05) is 50.4 Å². The van der Waals surface area contributed by atoms with Gasteiger partial charge >= 0.3 is 0 Å². The zero-order chi connectivity index (χ0) is 17.6. The number of aryl methyl sites for hydroxylation is 2. The fourth-order valence-electron chi connectivity index (χ4n) is 2.64. The number of amides is 1. The molecule has 4 rings (SSSR count). The van der Waals surface area contributed by atoms with Gasteiger partial charge in [0.05, 0.1) is 20.4 Å². The van der Waals surface area contributed by atoms with E-state index in [2.05, 4.69) is 15.3 Å². The molecule has 25 heavy (non-hydrogen) atoms. The summed E-state index contributed by atoms with van der Waals surface area (Å²) in [6, 6.07) is 9.83. The van der Waals surface area contributed by atoms with Crippen LogP contribution in [0.5, 0.6) is 0 Å². The van der Waals surface area contributed by atoms with Gasteiger partial charge in [-0.2, -0.15) is 0 Å². The van der Waals surface area contributed by atoms with Gasteiger partial charge in [0.25, 0.3) is 5.91 Å². The van der Waals surface area contributed by atoms with Crippen molar-refractivity contribution in [1.82, 2.24) is 9.97 Å². The molecule has 4 nitrogen and oxygen atoms in total. The molecule has 0 unspecified atom stereocenters. The van der Waals surface area contributed by atoms with Gasteiger partial charge in [0.1, 0.15) is 0 Å². The van der Waals surface area contributed by atoms with Crippen LogP contribution < -0.4 is 5.32 Å². The van der Waals surface area contributed by atoms with E-state index in [1.165, 1.54) is 11.3 Å². The Morgan fingerprint density at radius 2 is 1.76 bits per heavy atom. The van der Waals surface area contributed by atoms with Crippen molar-refractivity contribution >= 4 is 65.9 Å². The third-order valence-corrected chi connectivity index (χ3v) is 7.13. The van der Waals surface area contributed by atoms with Gasteiger partial charge in [-0.3, -0.25) is 10.1 Å². The summed E-state index contributed by atoms with van der Waals surface area (Å²) in [6.45, 7) is 3.93. The summed E-state index contributed by atoms with van der Waals surface area (Å²) in [5, 5.41) is 3.57. The van der Waals surface area contributed by atoms with E-state index in [-0.39, 0.29) is 5.91 Å². The molecular weight excluding hydrogens is 370 g/mol. The second kappa shape index (κ2) is 6.40. The molecule has 1 N–H and O–H groups in total. The highest BCUT2D eigenvalue weighted by Gasteiger charge is 2.15. The summed E-state index contributed by atoms with van der Waals surface area (Å²) in [5.74, 6) is -0.120. The number of carbonyl (C=O) groups excluding carboxylic acids is 1. The lowest BCUT2D eigenvalue weighted by molar-refractivity contribution is 0.102. The second-order valence-corrected chi connectivity index (χ2v) is 8.79. The maximum atomic E-state index is 12.6. The van der Waals surface area contributed by atoms with Crippen molar-refractivity contribution < 1.29 is 4.79 Å². The van der Waals surface area contributed by atoms with E-state index in [1.54, 1.807) is 23.1 Å². The standard InChI is InChI=1S/C18H15N3OS3/c1-9-4-5-10(2)11(8-9)16(22)21-17-19-12-6-7-13-15(14(12)24-17)25-18(20-13)23-3/h4-8H,1-3H3,(H,19,21,22). The quantitative estimate of drug-likeness (QED) is 0.473. The van der Waals surface area contributed by atoms with Gasteiger partial charge in [0.2, 0.25) is 0 Å². The normalized spacial score (nSPS) is 11.3. The number of hydrogen-bond acceptors (Lipinski definition) is 6. The van der Waals surface area contributed by atoms with Crippen molar-refractivity contribution in [3.63, 3.8) is 0 Å². The average molecular weight is 386 g/mol. The Hall–Kier alpha value is -1.96. The molecule has 0 fully saturated rings. The molecule has 2 aromatic heterocycles. The minimum absolute atomic E-state index is 0.120. The van der Waals surface area contributed by atoms with Gasteiger partial charge in [0.15, 0.2) is 9.47 Å². The summed E-state index contributed by atoms with van der Waals surface area (Å²) >= 11 is 4.81. The number of nitrogens with one attached hydrogen (secondary N) is 1. The van der Waals surface area contributed by atoms with Gasteiger partial charge in [-0.15, -0.1) is 11.3 Å². The zero-order valence-electron chi connectivity index (χ0n) is 13.9. The van der Waals surface area contributed by atoms with Crippen LogP contribution in [0.1, 0.15) is 21.5 Å². The molecule has 0 spiro atoms. The van der Waals surface area contributed by atoms with Crippen molar-refractivity contribution in [3.8, 4) is 0 Å². The molecule has 0 bridgehead atoms. The highest BCUT2D eigenvalue weighted by Crippen LogP contribution is 2.38. The Labute approximate surface area is 157 Å². The van der Waals surface area contributed by atoms with Crippen molar-refractivity contribution in [3.05, 3.63) is 47.0 Å². The molecule has 2 aromatic carbocycles. The third kappa shape index (κ3) is 3.03. The molecule has 0 aliphatic rings. The van der Waals surface area contributed by atoms with Gasteiger partial charge in [-0.1, -0.05) is 40.8 Å². The molecule has 4 aromatic rings. The largest absolute Gasteiger partial charge is 0.298 e. The van der Waals surface area contributed by atoms with Gasteiger partial charge in [0, 0.05) is 5.56 Å². The van der Waals surface area contributed by atoms with Crippen LogP contribution in [0.15, 0.2) is 34.7 Å². The highest BCUT2D eigenvalue weighted by atomic mass is 32.2. The van der Waals surface area contributed by atoms with Gasteiger partial charge in [-0.25, -0.2) is 9.97 Å². The molecule has 0 saturated heterocycles. The van der Waals surface area contributed by atoms with Crippen LogP contribution in [-0.2, 0) is 0 Å². The average Bonchev–Trinajstić information content (AvgIpc) is 3.19. The van der Waals surface area contributed by atoms with Crippen LogP contribution in [0.25, 0.3) is 20.4 Å². The number of rotatable bonds is 3. The smallest absolute Gasteiger partial charge is 0.257 e. The number of nitrogens with zero attached hydrogens (tertiary/aromatic N) is 2. The number of carbonyl (C=O) groups is 1. The molecule has 0 aliphatic heterocycles. The maximum Gasteiger partial charge on any atom is 0.257 e. The molecule has 7 heteroatoms. The summed E-state index contributed by atoms with van der Waals surface area (Å²) in [6.07, 6.45) is 2.03. The van der Waals surface area contributed by atoms with Crippen molar-refractivity contribution in [2.75, 3.05) is 11.6 Å². The Bertz CT molecular complexity index is 1110. The highest BCUT2D eigenvalue weighted by molar-refractivity contribution is 8.00. The second-order valence-electron chi connectivity index (χ2n) is 5.74. The van der Waals surface area contributed by atoms with Crippen LogP contribution >= 0.6 is 34.4 Å². The Morgan fingerprint density at radius 1 is 1.04 bits per heavy atom. The van der Waals surface area contributed by atoms with Crippen LogP contribution in [0, 0.1) is 13.8 Å². The van der Waals surface area contributed by atoms with Gasteiger partial charge < -0.3 is 0 Å². The predicted molar refractivity (Wildman–Crippen MR) is 108 cm³/mol. The minimum Gasteiger partial charge on any atom is -0.298 e. The van der Waals surface area contributed by atoms with E-state index < -0.39 is 0 Å². The van der Waals surface area contributed by atoms with Crippen LogP contribution in [0.3, 0.4) is 0 Å². The topological polar surface area (TPSA) is 54.9 Å². The number of anilines is 1. The molecule has 0 radical (unpaired) electrons. The van der Waals surface area contributed by atoms with E-state index in [4.69, 9.17) is 0 Å². The molecule has 1 amide bonds. The van der Waals surface area contributed by atoms with E-state index >= 15 is 0 Å². The molecular formula is C18H15N3OS3. The zero-order valence-corrected chi connectivity index (χ0v) is 16.4. The minimum atomic E-state index is -0.120. The number of thioether (sulfide) groups is 1. The molecule has 0 atom stereocenters. The first-order chi connectivity index (χ1) is 12.0. The van der Waals surface area contributed by atoms with E-state index in [9.17, 15) is 4.79 Å². The number of fused-ring (bicyclic) bond motifs is 3. The fourth-order valence-corrected chi connectivity index (χ4v) is 5.29. The van der Waals surface area contributed by atoms with Crippen LogP contribution in [0.2, 0.25) is 0 Å². The molecule has 126 valence electrons. The lowest BCUT2D eigenvalue weighted by atomic mass is 10.1. The third-order valence-electron chi connectivity index (χ3n) is 3.93. The predicted octanol–water partition coefficient (Wildman–Crippen LogP) is 5.50. The SMILES string of the molecule is CSc1nc2ccc3nc(NC(=O)c4cc(C)ccc4C)sc3c2s1. The Morgan fingerprint density at radius 3 is 2.52 bits per heavy atom. The molecule has 0 aliphatic carbocycles. The fraction of sp³-hybridized carbons (Fsp3) is 0.167.